The van der Waals surface area contributed by atoms with E-state index in [9.17, 15) is 9.59 Å². The second-order valence-corrected chi connectivity index (χ2v) is 7.52. The lowest BCUT2D eigenvalue weighted by atomic mass is 9.99. The molecule has 146 valence electrons. The monoisotopic (exact) mass is 370 g/mol. The highest BCUT2D eigenvalue weighted by molar-refractivity contribution is 5.81. The second-order valence-electron chi connectivity index (χ2n) is 7.52. The second kappa shape index (κ2) is 9.02. The van der Waals surface area contributed by atoms with Gasteiger partial charge in [0.15, 0.2) is 0 Å². The summed E-state index contributed by atoms with van der Waals surface area (Å²) in [6.07, 6.45) is 4.16. The number of hydrogen-bond donors (Lipinski definition) is 1. The van der Waals surface area contributed by atoms with E-state index in [0.717, 1.165) is 49.2 Å². The highest BCUT2D eigenvalue weighted by Gasteiger charge is 2.22. The van der Waals surface area contributed by atoms with Crippen molar-refractivity contribution in [3.63, 3.8) is 0 Å². The van der Waals surface area contributed by atoms with Crippen LogP contribution >= 0.6 is 0 Å². The average molecular weight is 370 g/mol. The minimum atomic E-state index is 0.0682. The molecular weight excluding hydrogens is 340 g/mol. The van der Waals surface area contributed by atoms with Gasteiger partial charge in [-0.3, -0.25) is 9.59 Å². The number of aromatic nitrogens is 2. The first-order valence-electron chi connectivity index (χ1n) is 10.1. The Labute approximate surface area is 160 Å². The molecule has 1 saturated heterocycles. The number of piperidine rings is 1. The average Bonchev–Trinajstić information content (AvgIpc) is 3.00. The molecule has 0 atom stereocenters. The molecule has 0 spiro atoms. The number of likely N-dealkylation sites (tertiary alicyclic amines) is 1. The number of nitrogens with zero attached hydrogens (tertiary/aromatic N) is 3. The normalized spacial score (nSPS) is 15.3. The standard InChI is InChI=1S/C21H30N4O2/c1-3-6-20(26)22-12-9-19-23-17-7-4-5-8-18(17)25(19)15-21(27)24-13-10-16(2)11-14-24/h4-5,7-8,16H,3,6,9-15H2,1-2H3,(H,22,26). The first-order chi connectivity index (χ1) is 13.1. The highest BCUT2D eigenvalue weighted by atomic mass is 16.2. The van der Waals surface area contributed by atoms with Crippen molar-refractivity contribution in [3.8, 4) is 0 Å². The Kier molecular flexibility index (Phi) is 6.48. The van der Waals surface area contributed by atoms with Gasteiger partial charge < -0.3 is 14.8 Å². The van der Waals surface area contributed by atoms with Crippen LogP contribution in [0.1, 0.15) is 45.4 Å². The SMILES string of the molecule is CCCC(=O)NCCc1nc2ccccc2n1CC(=O)N1CCC(C)CC1. The number of nitrogens with one attached hydrogen (secondary N) is 1. The molecule has 6 heteroatoms. The van der Waals surface area contributed by atoms with Gasteiger partial charge in [-0.2, -0.15) is 0 Å². The molecule has 1 aliphatic heterocycles. The lowest BCUT2D eigenvalue weighted by Crippen LogP contribution is -2.40. The summed E-state index contributed by atoms with van der Waals surface area (Å²) >= 11 is 0. The summed E-state index contributed by atoms with van der Waals surface area (Å²) in [4.78, 5) is 31.2. The third-order valence-electron chi connectivity index (χ3n) is 5.31. The van der Waals surface area contributed by atoms with Crippen LogP contribution in [0.5, 0.6) is 0 Å². The number of carbonyl (C=O) groups excluding carboxylic acids is 2. The Morgan fingerprint density at radius 1 is 1.22 bits per heavy atom. The number of carbonyl (C=O) groups is 2. The highest BCUT2D eigenvalue weighted by Crippen LogP contribution is 2.19. The van der Waals surface area contributed by atoms with E-state index in [2.05, 4.69) is 12.2 Å². The third kappa shape index (κ3) is 4.87. The molecule has 1 aliphatic rings. The van der Waals surface area contributed by atoms with Crippen molar-refractivity contribution in [2.75, 3.05) is 19.6 Å². The van der Waals surface area contributed by atoms with Crippen LogP contribution in [0.4, 0.5) is 0 Å². The quantitative estimate of drug-likeness (QED) is 0.815. The zero-order chi connectivity index (χ0) is 19.2. The van der Waals surface area contributed by atoms with Gasteiger partial charge in [0.2, 0.25) is 11.8 Å². The van der Waals surface area contributed by atoms with Crippen molar-refractivity contribution in [2.45, 2.75) is 52.5 Å². The first kappa shape index (κ1) is 19.4. The number of hydrogen-bond acceptors (Lipinski definition) is 3. The van der Waals surface area contributed by atoms with Gasteiger partial charge in [0.25, 0.3) is 0 Å². The fraction of sp³-hybridized carbons (Fsp3) is 0.571. The van der Waals surface area contributed by atoms with Gasteiger partial charge in [-0.1, -0.05) is 26.0 Å². The fourth-order valence-electron chi connectivity index (χ4n) is 3.62. The van der Waals surface area contributed by atoms with Gasteiger partial charge in [0.05, 0.1) is 11.0 Å². The van der Waals surface area contributed by atoms with E-state index in [4.69, 9.17) is 4.98 Å². The molecule has 27 heavy (non-hydrogen) atoms. The van der Waals surface area contributed by atoms with Crippen LogP contribution < -0.4 is 5.32 Å². The number of fused-ring (bicyclic) bond motifs is 1. The zero-order valence-electron chi connectivity index (χ0n) is 16.4. The van der Waals surface area contributed by atoms with Crippen molar-refractivity contribution in [1.29, 1.82) is 0 Å². The molecule has 2 amide bonds. The lowest BCUT2D eigenvalue weighted by molar-refractivity contribution is -0.133. The van der Waals surface area contributed by atoms with Crippen molar-refractivity contribution in [1.82, 2.24) is 19.8 Å². The van der Waals surface area contributed by atoms with E-state index in [1.165, 1.54) is 0 Å². The summed E-state index contributed by atoms with van der Waals surface area (Å²) in [6.45, 7) is 6.77. The summed E-state index contributed by atoms with van der Waals surface area (Å²) in [5, 5.41) is 2.94. The molecule has 1 aromatic heterocycles. The molecule has 0 unspecified atom stereocenters. The lowest BCUT2D eigenvalue weighted by Gasteiger charge is -2.30. The summed E-state index contributed by atoms with van der Waals surface area (Å²) in [7, 11) is 0. The van der Waals surface area contributed by atoms with E-state index < -0.39 is 0 Å². The summed E-state index contributed by atoms with van der Waals surface area (Å²) in [6, 6.07) is 7.91. The number of benzene rings is 1. The number of rotatable bonds is 7. The minimum absolute atomic E-state index is 0.0682. The van der Waals surface area contributed by atoms with Crippen LogP contribution in [0.15, 0.2) is 24.3 Å². The van der Waals surface area contributed by atoms with Crippen molar-refractivity contribution >= 4 is 22.8 Å². The summed E-state index contributed by atoms with van der Waals surface area (Å²) < 4.78 is 2.02. The smallest absolute Gasteiger partial charge is 0.242 e. The van der Waals surface area contributed by atoms with Crippen LogP contribution in [0.2, 0.25) is 0 Å². The van der Waals surface area contributed by atoms with Gasteiger partial charge in [0, 0.05) is 32.5 Å². The van der Waals surface area contributed by atoms with Crippen molar-refractivity contribution < 1.29 is 9.59 Å². The van der Waals surface area contributed by atoms with E-state index in [1.807, 2.05) is 40.7 Å². The molecule has 1 N–H and O–H groups in total. The van der Waals surface area contributed by atoms with Gasteiger partial charge in [-0.15, -0.1) is 0 Å². The zero-order valence-corrected chi connectivity index (χ0v) is 16.4. The number of imidazole rings is 1. The fourth-order valence-corrected chi connectivity index (χ4v) is 3.62. The predicted octanol–water partition coefficient (Wildman–Crippen LogP) is 2.75. The van der Waals surface area contributed by atoms with Crippen LogP contribution in [-0.2, 0) is 22.6 Å². The van der Waals surface area contributed by atoms with Gasteiger partial charge in [0.1, 0.15) is 12.4 Å². The Morgan fingerprint density at radius 2 is 1.96 bits per heavy atom. The summed E-state index contributed by atoms with van der Waals surface area (Å²) in [5.41, 5.74) is 1.87. The Morgan fingerprint density at radius 3 is 2.70 bits per heavy atom. The molecular formula is C21H30N4O2. The Bertz CT molecular complexity index is 791. The van der Waals surface area contributed by atoms with Crippen LogP contribution in [0.3, 0.4) is 0 Å². The Hall–Kier alpha value is -2.37. The van der Waals surface area contributed by atoms with Crippen molar-refractivity contribution in [2.24, 2.45) is 5.92 Å². The molecule has 0 aliphatic carbocycles. The molecule has 2 aromatic rings. The van der Waals surface area contributed by atoms with E-state index in [1.54, 1.807) is 0 Å². The molecule has 3 rings (SSSR count). The minimum Gasteiger partial charge on any atom is -0.356 e. The van der Waals surface area contributed by atoms with Gasteiger partial charge in [-0.05, 0) is 37.3 Å². The molecule has 1 fully saturated rings. The molecule has 6 nitrogen and oxygen atoms in total. The van der Waals surface area contributed by atoms with Crippen LogP contribution in [0.25, 0.3) is 11.0 Å². The Balaban J connectivity index is 1.72. The molecule has 1 aromatic carbocycles. The van der Waals surface area contributed by atoms with Gasteiger partial charge >= 0.3 is 0 Å². The first-order valence-corrected chi connectivity index (χ1v) is 10.1. The van der Waals surface area contributed by atoms with Gasteiger partial charge in [-0.25, -0.2) is 4.98 Å². The number of para-hydroxylation sites is 2. The van der Waals surface area contributed by atoms with E-state index >= 15 is 0 Å². The molecule has 2 heterocycles. The maximum absolute atomic E-state index is 12.8. The maximum Gasteiger partial charge on any atom is 0.242 e. The number of amides is 2. The third-order valence-corrected chi connectivity index (χ3v) is 5.31. The molecule has 0 saturated carbocycles. The maximum atomic E-state index is 12.8. The topological polar surface area (TPSA) is 67.2 Å². The van der Waals surface area contributed by atoms with Crippen LogP contribution in [0, 0.1) is 5.92 Å². The van der Waals surface area contributed by atoms with E-state index in [-0.39, 0.29) is 11.8 Å². The molecule has 0 bridgehead atoms. The van der Waals surface area contributed by atoms with E-state index in [0.29, 0.717) is 31.8 Å². The largest absolute Gasteiger partial charge is 0.356 e. The summed E-state index contributed by atoms with van der Waals surface area (Å²) in [5.74, 6) is 1.78. The van der Waals surface area contributed by atoms with Crippen LogP contribution in [-0.4, -0.2) is 45.9 Å². The van der Waals surface area contributed by atoms with Crippen molar-refractivity contribution in [3.05, 3.63) is 30.1 Å². The predicted molar refractivity (Wildman–Crippen MR) is 106 cm³/mol. The molecule has 0 radical (unpaired) electrons.